The van der Waals surface area contributed by atoms with Gasteiger partial charge in [-0.05, 0) is 31.0 Å². The van der Waals surface area contributed by atoms with E-state index in [4.69, 9.17) is 0 Å². The van der Waals surface area contributed by atoms with Crippen molar-refractivity contribution in [3.63, 3.8) is 0 Å². The molecule has 26 heavy (non-hydrogen) atoms. The van der Waals surface area contributed by atoms with Gasteiger partial charge in [0.05, 0.1) is 10.6 Å². The smallest absolute Gasteiger partial charge is 0.239 e. The van der Waals surface area contributed by atoms with Gasteiger partial charge in [0.2, 0.25) is 5.91 Å². The van der Waals surface area contributed by atoms with E-state index < -0.39 is 9.84 Å². The number of carbonyl (C=O) groups is 1. The minimum absolute atomic E-state index is 0.0610. The molecule has 3 rings (SSSR count). The Kier molecular flexibility index (Phi) is 4.87. The van der Waals surface area contributed by atoms with Crippen LogP contribution in [0.25, 0.3) is 10.9 Å². The van der Waals surface area contributed by atoms with Gasteiger partial charge >= 0.3 is 0 Å². The minimum Gasteiger partial charge on any atom is -0.358 e. The van der Waals surface area contributed by atoms with Crippen LogP contribution in [0.3, 0.4) is 0 Å². The van der Waals surface area contributed by atoms with E-state index in [1.807, 2.05) is 50.2 Å². The highest BCUT2D eigenvalue weighted by Gasteiger charge is 2.23. The molecule has 0 aliphatic rings. The maximum Gasteiger partial charge on any atom is 0.239 e. The van der Waals surface area contributed by atoms with Crippen molar-refractivity contribution < 1.29 is 13.2 Å². The fourth-order valence-electron chi connectivity index (χ4n) is 3.06. The molecule has 0 unspecified atom stereocenters. The number of rotatable bonds is 5. The topological polar surface area (TPSA) is 68.2 Å². The standard InChI is InChI=1S/C20H22N2O3S/c1-14-8-9-15(2)16(10-14)13-26(24,25)19-11-22(12-20(23)21-3)18-7-5-4-6-17(18)19/h4-11H,12-13H2,1-3H3,(H,21,23). The lowest BCUT2D eigenvalue weighted by atomic mass is 10.1. The second-order valence-electron chi connectivity index (χ2n) is 6.50. The van der Waals surface area contributed by atoms with E-state index in [-0.39, 0.29) is 23.1 Å². The number of hydrogen-bond acceptors (Lipinski definition) is 3. The van der Waals surface area contributed by atoms with Crippen LogP contribution in [0.5, 0.6) is 0 Å². The van der Waals surface area contributed by atoms with Crippen LogP contribution in [-0.2, 0) is 26.9 Å². The van der Waals surface area contributed by atoms with Crippen LogP contribution < -0.4 is 5.32 Å². The third-order valence-electron chi connectivity index (χ3n) is 4.53. The van der Waals surface area contributed by atoms with Gasteiger partial charge in [0.25, 0.3) is 0 Å². The van der Waals surface area contributed by atoms with Crippen molar-refractivity contribution in [2.24, 2.45) is 0 Å². The Balaban J connectivity index is 2.09. The molecule has 0 aliphatic carbocycles. The molecule has 0 spiro atoms. The number of sulfone groups is 1. The molecular formula is C20H22N2O3S. The molecule has 1 amide bonds. The molecule has 1 N–H and O–H groups in total. The highest BCUT2D eigenvalue weighted by Crippen LogP contribution is 2.28. The average molecular weight is 370 g/mol. The Labute approximate surface area is 153 Å². The summed E-state index contributed by atoms with van der Waals surface area (Å²) >= 11 is 0. The predicted octanol–water partition coefficient (Wildman–Crippen LogP) is 2.98. The van der Waals surface area contributed by atoms with Gasteiger partial charge in [-0.3, -0.25) is 4.79 Å². The molecule has 5 nitrogen and oxygen atoms in total. The molecule has 0 radical (unpaired) electrons. The Morgan fingerprint density at radius 2 is 1.85 bits per heavy atom. The van der Waals surface area contributed by atoms with Gasteiger partial charge in [0, 0.05) is 24.1 Å². The molecule has 0 atom stereocenters. The number of fused-ring (bicyclic) bond motifs is 1. The van der Waals surface area contributed by atoms with Gasteiger partial charge in [-0.2, -0.15) is 0 Å². The summed E-state index contributed by atoms with van der Waals surface area (Å²) in [4.78, 5) is 12.0. The Hall–Kier alpha value is -2.60. The molecule has 2 aromatic carbocycles. The van der Waals surface area contributed by atoms with Crippen LogP contribution in [0, 0.1) is 13.8 Å². The molecule has 3 aromatic rings. The summed E-state index contributed by atoms with van der Waals surface area (Å²) in [6.07, 6.45) is 1.57. The van der Waals surface area contributed by atoms with Crippen LogP contribution in [0.1, 0.15) is 16.7 Å². The van der Waals surface area contributed by atoms with Crippen molar-refractivity contribution >= 4 is 26.6 Å². The first-order valence-corrected chi connectivity index (χ1v) is 10.0. The van der Waals surface area contributed by atoms with E-state index in [0.717, 1.165) is 22.2 Å². The van der Waals surface area contributed by atoms with Crippen molar-refractivity contribution in [3.8, 4) is 0 Å². The molecular weight excluding hydrogens is 348 g/mol. The van der Waals surface area contributed by atoms with E-state index in [1.54, 1.807) is 23.9 Å². The van der Waals surface area contributed by atoms with Gasteiger partial charge in [0.1, 0.15) is 6.54 Å². The third kappa shape index (κ3) is 3.51. The van der Waals surface area contributed by atoms with Crippen molar-refractivity contribution in [2.45, 2.75) is 31.0 Å². The van der Waals surface area contributed by atoms with Crippen LogP contribution in [-0.4, -0.2) is 25.9 Å². The summed E-state index contributed by atoms with van der Waals surface area (Å²) in [6.45, 7) is 3.94. The quantitative estimate of drug-likeness (QED) is 0.751. The molecule has 0 aliphatic heterocycles. The van der Waals surface area contributed by atoms with E-state index in [2.05, 4.69) is 5.32 Å². The Morgan fingerprint density at radius 3 is 2.58 bits per heavy atom. The summed E-state index contributed by atoms with van der Waals surface area (Å²) in [5.74, 6) is -0.238. The first-order chi connectivity index (χ1) is 12.3. The SMILES string of the molecule is CNC(=O)Cn1cc(S(=O)(=O)Cc2cc(C)ccc2C)c2ccccc21. The monoisotopic (exact) mass is 370 g/mol. The molecule has 0 saturated carbocycles. The summed E-state index contributed by atoms with van der Waals surface area (Å²) < 4.78 is 28.0. The zero-order valence-electron chi connectivity index (χ0n) is 15.1. The van der Waals surface area contributed by atoms with Crippen molar-refractivity contribution in [3.05, 3.63) is 65.4 Å². The number of aromatic nitrogens is 1. The van der Waals surface area contributed by atoms with Gasteiger partial charge in [-0.15, -0.1) is 0 Å². The van der Waals surface area contributed by atoms with Gasteiger partial charge in [0.15, 0.2) is 9.84 Å². The van der Waals surface area contributed by atoms with Crippen LogP contribution in [0.15, 0.2) is 53.6 Å². The maximum atomic E-state index is 13.1. The van der Waals surface area contributed by atoms with Crippen molar-refractivity contribution in [2.75, 3.05) is 7.05 Å². The summed E-state index contributed by atoms with van der Waals surface area (Å²) in [6, 6.07) is 13.1. The van der Waals surface area contributed by atoms with Crippen LogP contribution >= 0.6 is 0 Å². The number of likely N-dealkylation sites (N-methyl/N-ethyl adjacent to an activating group) is 1. The van der Waals surface area contributed by atoms with E-state index >= 15 is 0 Å². The van der Waals surface area contributed by atoms with Crippen molar-refractivity contribution in [1.29, 1.82) is 0 Å². The number of para-hydroxylation sites is 1. The molecule has 0 bridgehead atoms. The van der Waals surface area contributed by atoms with Crippen LogP contribution in [0.2, 0.25) is 0 Å². The Bertz CT molecular complexity index is 1080. The molecule has 0 fully saturated rings. The van der Waals surface area contributed by atoms with E-state index in [1.165, 1.54) is 0 Å². The highest BCUT2D eigenvalue weighted by atomic mass is 32.2. The second kappa shape index (κ2) is 6.96. The van der Waals surface area contributed by atoms with Crippen LogP contribution in [0.4, 0.5) is 0 Å². The largest absolute Gasteiger partial charge is 0.358 e. The number of hydrogen-bond donors (Lipinski definition) is 1. The normalized spacial score (nSPS) is 11.7. The Morgan fingerprint density at radius 1 is 1.12 bits per heavy atom. The van der Waals surface area contributed by atoms with E-state index in [0.29, 0.717) is 5.39 Å². The molecule has 6 heteroatoms. The minimum atomic E-state index is -3.55. The fourth-order valence-corrected chi connectivity index (χ4v) is 4.74. The summed E-state index contributed by atoms with van der Waals surface area (Å²) in [5, 5.41) is 3.21. The zero-order chi connectivity index (χ0) is 18.9. The first-order valence-electron chi connectivity index (χ1n) is 8.39. The molecule has 1 aromatic heterocycles. The summed E-state index contributed by atoms with van der Waals surface area (Å²) in [5.41, 5.74) is 3.51. The van der Waals surface area contributed by atoms with Gasteiger partial charge < -0.3 is 9.88 Å². The number of nitrogens with zero attached hydrogens (tertiary/aromatic N) is 1. The first kappa shape index (κ1) is 18.2. The molecule has 0 saturated heterocycles. The molecule has 136 valence electrons. The lowest BCUT2D eigenvalue weighted by Crippen LogP contribution is -2.23. The predicted molar refractivity (Wildman–Crippen MR) is 103 cm³/mol. The third-order valence-corrected chi connectivity index (χ3v) is 6.22. The fraction of sp³-hybridized carbons (Fsp3) is 0.250. The van der Waals surface area contributed by atoms with Crippen molar-refractivity contribution in [1.82, 2.24) is 9.88 Å². The number of carbonyl (C=O) groups excluding carboxylic acids is 1. The number of benzene rings is 2. The molecule has 1 heterocycles. The maximum absolute atomic E-state index is 13.1. The highest BCUT2D eigenvalue weighted by molar-refractivity contribution is 7.90. The lowest BCUT2D eigenvalue weighted by molar-refractivity contribution is -0.121. The lowest BCUT2D eigenvalue weighted by Gasteiger charge is -2.08. The van der Waals surface area contributed by atoms with E-state index in [9.17, 15) is 13.2 Å². The number of nitrogens with one attached hydrogen (secondary N) is 1. The summed E-state index contributed by atoms with van der Waals surface area (Å²) in [7, 11) is -1.99. The average Bonchev–Trinajstić information content (AvgIpc) is 2.97. The number of amides is 1. The number of aryl methyl sites for hydroxylation is 2. The van der Waals surface area contributed by atoms with Gasteiger partial charge in [-0.25, -0.2) is 8.42 Å². The van der Waals surface area contributed by atoms with Gasteiger partial charge in [-0.1, -0.05) is 42.0 Å². The second-order valence-corrected chi connectivity index (χ2v) is 8.46. The zero-order valence-corrected chi connectivity index (χ0v) is 15.9.